The van der Waals surface area contributed by atoms with Crippen LogP contribution in [0.3, 0.4) is 0 Å². The number of ether oxygens (including phenoxy) is 1. The molecule has 8 nitrogen and oxygen atoms in total. The normalized spacial score (nSPS) is 13.1. The summed E-state index contributed by atoms with van der Waals surface area (Å²) >= 11 is 0. The smallest absolute Gasteiger partial charge is 0.355 e. The van der Waals surface area contributed by atoms with E-state index in [0.717, 1.165) is 35.3 Å². The zero-order valence-electron chi connectivity index (χ0n) is 17.7. The van der Waals surface area contributed by atoms with Gasteiger partial charge in [0.05, 0.1) is 11.4 Å². The molecule has 1 aromatic heterocycles. The van der Waals surface area contributed by atoms with Gasteiger partial charge in [-0.05, 0) is 49.2 Å². The van der Waals surface area contributed by atoms with Crippen LogP contribution in [-0.4, -0.2) is 38.5 Å². The second-order valence-corrected chi connectivity index (χ2v) is 9.33. The standard InChI is InChI=1S/C23H23N3O5S/c1-24-32(29,30)18-13-21(25(2)14-18)23(28)31-15-22(27)26-19-9-5-3-7-16(19)11-12-17-8-4-6-10-20(17)26/h3-10,13-14,24H,11-12,15H2,1-2H3. The fourth-order valence-electron chi connectivity index (χ4n) is 3.82. The molecule has 166 valence electrons. The van der Waals surface area contributed by atoms with Crippen molar-refractivity contribution in [2.24, 2.45) is 7.05 Å². The average Bonchev–Trinajstić information content (AvgIpc) is 3.11. The summed E-state index contributed by atoms with van der Waals surface area (Å²) in [5, 5.41) is 0. The monoisotopic (exact) mass is 453 g/mol. The molecule has 32 heavy (non-hydrogen) atoms. The van der Waals surface area contributed by atoms with E-state index in [1.807, 2.05) is 48.5 Å². The Hall–Kier alpha value is -3.43. The maximum Gasteiger partial charge on any atom is 0.355 e. The number of carbonyl (C=O) groups excluding carboxylic acids is 2. The van der Waals surface area contributed by atoms with E-state index in [1.165, 1.54) is 30.9 Å². The number of amides is 1. The summed E-state index contributed by atoms with van der Waals surface area (Å²) < 4.78 is 32.8. The van der Waals surface area contributed by atoms with Crippen molar-refractivity contribution in [2.75, 3.05) is 18.6 Å². The van der Waals surface area contributed by atoms with Crippen LogP contribution in [0.25, 0.3) is 0 Å². The number of esters is 1. The van der Waals surface area contributed by atoms with Gasteiger partial charge in [-0.25, -0.2) is 17.9 Å². The molecular formula is C23H23N3O5S. The zero-order chi connectivity index (χ0) is 22.9. The van der Waals surface area contributed by atoms with E-state index >= 15 is 0 Å². The number of para-hydroxylation sites is 2. The molecule has 1 amide bonds. The molecule has 2 aromatic carbocycles. The highest BCUT2D eigenvalue weighted by Crippen LogP contribution is 2.36. The largest absolute Gasteiger partial charge is 0.451 e. The van der Waals surface area contributed by atoms with Crippen LogP contribution in [-0.2, 0) is 39.4 Å². The molecule has 0 spiro atoms. The molecule has 1 aliphatic rings. The predicted molar refractivity (Wildman–Crippen MR) is 119 cm³/mol. The second kappa shape index (κ2) is 8.60. The van der Waals surface area contributed by atoms with Crippen molar-refractivity contribution in [1.82, 2.24) is 9.29 Å². The topological polar surface area (TPSA) is 97.7 Å². The van der Waals surface area contributed by atoms with Crippen LogP contribution in [0.15, 0.2) is 65.7 Å². The van der Waals surface area contributed by atoms with Gasteiger partial charge in [0.15, 0.2) is 6.61 Å². The van der Waals surface area contributed by atoms with Crippen molar-refractivity contribution >= 4 is 33.3 Å². The van der Waals surface area contributed by atoms with Crippen LogP contribution in [0.1, 0.15) is 21.6 Å². The minimum atomic E-state index is -3.71. The third-order valence-electron chi connectivity index (χ3n) is 5.47. The first-order valence-corrected chi connectivity index (χ1v) is 11.6. The van der Waals surface area contributed by atoms with Crippen LogP contribution in [0.5, 0.6) is 0 Å². The van der Waals surface area contributed by atoms with Crippen LogP contribution in [0.4, 0.5) is 11.4 Å². The number of nitrogens with one attached hydrogen (secondary N) is 1. The van der Waals surface area contributed by atoms with Crippen molar-refractivity contribution < 1.29 is 22.7 Å². The van der Waals surface area contributed by atoms with E-state index in [1.54, 1.807) is 4.90 Å². The van der Waals surface area contributed by atoms with E-state index in [4.69, 9.17) is 4.74 Å². The molecular weight excluding hydrogens is 430 g/mol. The summed E-state index contributed by atoms with van der Waals surface area (Å²) in [5.41, 5.74) is 3.63. The van der Waals surface area contributed by atoms with Crippen LogP contribution >= 0.6 is 0 Å². The number of hydrogen-bond donors (Lipinski definition) is 1. The molecule has 0 fully saturated rings. The first kappa shape index (κ1) is 21.8. The Morgan fingerprint density at radius 3 is 2.12 bits per heavy atom. The summed E-state index contributed by atoms with van der Waals surface area (Å²) in [7, 11) is -0.883. The lowest BCUT2D eigenvalue weighted by atomic mass is 10.0. The lowest BCUT2D eigenvalue weighted by molar-refractivity contribution is -0.121. The summed E-state index contributed by atoms with van der Waals surface area (Å²) in [5.74, 6) is -1.17. The Labute approximate surface area is 186 Å². The number of nitrogens with zero attached hydrogens (tertiary/aromatic N) is 2. The number of benzene rings is 2. The molecule has 1 N–H and O–H groups in total. The minimum absolute atomic E-state index is 0.0308. The molecule has 1 aliphatic heterocycles. The van der Waals surface area contributed by atoms with E-state index in [0.29, 0.717) is 0 Å². The van der Waals surface area contributed by atoms with Crippen molar-refractivity contribution in [3.05, 3.63) is 77.6 Å². The fourth-order valence-corrected chi connectivity index (χ4v) is 4.62. The summed E-state index contributed by atoms with van der Waals surface area (Å²) in [6, 6.07) is 16.6. The Morgan fingerprint density at radius 1 is 1.00 bits per heavy atom. The number of sulfonamides is 1. The van der Waals surface area contributed by atoms with Gasteiger partial charge in [0.2, 0.25) is 10.0 Å². The highest BCUT2D eigenvalue weighted by molar-refractivity contribution is 7.89. The van der Waals surface area contributed by atoms with Gasteiger partial charge < -0.3 is 9.30 Å². The molecule has 0 atom stereocenters. The quantitative estimate of drug-likeness (QED) is 0.599. The number of fused-ring (bicyclic) bond motifs is 2. The number of carbonyl (C=O) groups is 2. The van der Waals surface area contributed by atoms with Gasteiger partial charge in [-0.15, -0.1) is 0 Å². The third-order valence-corrected chi connectivity index (χ3v) is 6.85. The maximum absolute atomic E-state index is 13.2. The number of aryl methyl sites for hydroxylation is 3. The van der Waals surface area contributed by atoms with Gasteiger partial charge in [0.1, 0.15) is 10.6 Å². The Balaban J connectivity index is 1.58. The summed E-state index contributed by atoms with van der Waals surface area (Å²) in [6.07, 6.45) is 2.90. The Kier molecular flexibility index (Phi) is 5.86. The average molecular weight is 454 g/mol. The molecule has 0 bridgehead atoms. The van der Waals surface area contributed by atoms with Gasteiger partial charge >= 0.3 is 5.97 Å². The van der Waals surface area contributed by atoms with Gasteiger partial charge in [-0.3, -0.25) is 9.69 Å². The SMILES string of the molecule is CNS(=O)(=O)c1cc(C(=O)OCC(=O)N2c3ccccc3CCc3ccccc32)n(C)c1. The van der Waals surface area contributed by atoms with Gasteiger partial charge in [-0.2, -0.15) is 0 Å². The third kappa shape index (κ3) is 4.04. The number of anilines is 2. The van der Waals surface area contributed by atoms with Crippen LogP contribution in [0, 0.1) is 0 Å². The lowest BCUT2D eigenvalue weighted by Gasteiger charge is -2.24. The Morgan fingerprint density at radius 2 is 1.56 bits per heavy atom. The molecule has 9 heteroatoms. The second-order valence-electron chi connectivity index (χ2n) is 7.44. The molecule has 4 rings (SSSR count). The van der Waals surface area contributed by atoms with Crippen LogP contribution < -0.4 is 9.62 Å². The fraction of sp³-hybridized carbons (Fsp3) is 0.217. The van der Waals surface area contributed by atoms with E-state index in [2.05, 4.69) is 4.72 Å². The zero-order valence-corrected chi connectivity index (χ0v) is 18.6. The van der Waals surface area contributed by atoms with E-state index in [-0.39, 0.29) is 10.6 Å². The highest BCUT2D eigenvalue weighted by Gasteiger charge is 2.27. The van der Waals surface area contributed by atoms with Crippen molar-refractivity contribution in [3.63, 3.8) is 0 Å². The summed E-state index contributed by atoms with van der Waals surface area (Å²) in [6.45, 7) is -0.485. The lowest BCUT2D eigenvalue weighted by Crippen LogP contribution is -2.31. The highest BCUT2D eigenvalue weighted by atomic mass is 32.2. The molecule has 0 radical (unpaired) electrons. The first-order chi connectivity index (χ1) is 15.3. The molecule has 0 saturated heterocycles. The molecule has 0 aliphatic carbocycles. The van der Waals surface area contributed by atoms with Crippen molar-refractivity contribution in [3.8, 4) is 0 Å². The number of rotatable bonds is 5. The predicted octanol–water partition coefficient (Wildman–Crippen LogP) is 2.55. The van der Waals surface area contributed by atoms with Crippen LogP contribution in [0.2, 0.25) is 0 Å². The van der Waals surface area contributed by atoms with Crippen molar-refractivity contribution in [2.45, 2.75) is 17.7 Å². The molecule has 0 saturated carbocycles. The van der Waals surface area contributed by atoms with E-state index in [9.17, 15) is 18.0 Å². The minimum Gasteiger partial charge on any atom is -0.451 e. The first-order valence-electron chi connectivity index (χ1n) is 10.1. The van der Waals surface area contributed by atoms with Crippen molar-refractivity contribution in [1.29, 1.82) is 0 Å². The number of hydrogen-bond acceptors (Lipinski definition) is 5. The Bertz CT molecular complexity index is 1250. The van der Waals surface area contributed by atoms with Gasteiger partial charge in [0.25, 0.3) is 5.91 Å². The number of aromatic nitrogens is 1. The molecule has 0 unspecified atom stereocenters. The summed E-state index contributed by atoms with van der Waals surface area (Å²) in [4.78, 5) is 27.4. The van der Waals surface area contributed by atoms with Gasteiger partial charge in [0, 0.05) is 13.2 Å². The maximum atomic E-state index is 13.2. The van der Waals surface area contributed by atoms with E-state index < -0.39 is 28.5 Å². The molecule has 2 heterocycles. The molecule has 3 aromatic rings. The van der Waals surface area contributed by atoms with Gasteiger partial charge in [-0.1, -0.05) is 36.4 Å².